The number of fused-ring (bicyclic) bond motifs is 1. The van der Waals surface area contributed by atoms with Gasteiger partial charge in [-0.25, -0.2) is 0 Å². The zero-order chi connectivity index (χ0) is 9.97. The average molecular weight is 194 g/mol. The minimum atomic E-state index is -0.0464. The molecule has 1 aromatic rings. The van der Waals surface area contributed by atoms with E-state index in [1.54, 1.807) is 0 Å². The highest BCUT2D eigenvalue weighted by Crippen LogP contribution is 2.32. The van der Waals surface area contributed by atoms with Gasteiger partial charge in [0.1, 0.15) is 12.7 Å². The first-order valence-corrected chi connectivity index (χ1v) is 4.80. The summed E-state index contributed by atoms with van der Waals surface area (Å²) in [6.07, 6.45) is -0.0464. The lowest BCUT2D eigenvalue weighted by molar-refractivity contribution is 0.0319. The van der Waals surface area contributed by atoms with Crippen molar-refractivity contribution in [3.05, 3.63) is 24.3 Å². The molecule has 0 saturated carbocycles. The largest absolute Gasteiger partial charge is 0.486 e. The first-order valence-electron chi connectivity index (χ1n) is 4.80. The summed E-state index contributed by atoms with van der Waals surface area (Å²) < 4.78 is 11.2. The van der Waals surface area contributed by atoms with Crippen LogP contribution in [0.15, 0.2) is 24.3 Å². The van der Waals surface area contributed by atoms with Crippen LogP contribution in [0.5, 0.6) is 11.5 Å². The summed E-state index contributed by atoms with van der Waals surface area (Å²) in [5.74, 6) is 1.65. The van der Waals surface area contributed by atoms with Crippen LogP contribution in [0.2, 0.25) is 0 Å². The second-order valence-corrected chi connectivity index (χ2v) is 3.57. The lowest BCUT2D eigenvalue weighted by atomic mass is 10.1. The van der Waals surface area contributed by atoms with Crippen LogP contribution < -0.4 is 9.47 Å². The highest BCUT2D eigenvalue weighted by molar-refractivity contribution is 5.40. The van der Waals surface area contributed by atoms with Crippen LogP contribution in [0.4, 0.5) is 0 Å². The third-order valence-corrected chi connectivity index (χ3v) is 2.45. The van der Waals surface area contributed by atoms with E-state index in [9.17, 15) is 0 Å². The molecule has 76 valence electrons. The van der Waals surface area contributed by atoms with Crippen molar-refractivity contribution in [1.82, 2.24) is 0 Å². The Balaban J connectivity index is 2.13. The Kier molecular flexibility index (Phi) is 2.59. The zero-order valence-electron chi connectivity index (χ0n) is 8.14. The summed E-state index contributed by atoms with van der Waals surface area (Å²) >= 11 is 0. The first kappa shape index (κ1) is 9.34. The van der Waals surface area contributed by atoms with Crippen molar-refractivity contribution in [3.63, 3.8) is 0 Å². The van der Waals surface area contributed by atoms with E-state index in [2.05, 4.69) is 0 Å². The molecule has 0 bridgehead atoms. The quantitative estimate of drug-likeness (QED) is 0.774. The van der Waals surface area contributed by atoms with Gasteiger partial charge in [0.2, 0.25) is 0 Å². The lowest BCUT2D eigenvalue weighted by Gasteiger charge is -2.29. The van der Waals surface area contributed by atoms with Gasteiger partial charge in [-0.3, -0.25) is 0 Å². The van der Waals surface area contributed by atoms with Crippen LogP contribution in [0.1, 0.15) is 6.92 Å². The molecule has 0 amide bonds. The molecule has 1 aliphatic rings. The maximum atomic E-state index is 9.00. The van der Waals surface area contributed by atoms with E-state index in [4.69, 9.17) is 14.6 Å². The van der Waals surface area contributed by atoms with E-state index >= 15 is 0 Å². The first-order chi connectivity index (χ1) is 6.81. The van der Waals surface area contributed by atoms with Gasteiger partial charge in [-0.1, -0.05) is 19.1 Å². The zero-order valence-corrected chi connectivity index (χ0v) is 8.14. The molecule has 1 N–H and O–H groups in total. The molecule has 1 aliphatic heterocycles. The molecule has 2 atom stereocenters. The van der Waals surface area contributed by atoms with Crippen molar-refractivity contribution in [2.24, 2.45) is 5.92 Å². The Morgan fingerprint density at radius 1 is 1.43 bits per heavy atom. The minimum Gasteiger partial charge on any atom is -0.486 e. The summed E-state index contributed by atoms with van der Waals surface area (Å²) in [5.41, 5.74) is 0. The number of hydrogen-bond acceptors (Lipinski definition) is 3. The smallest absolute Gasteiger partial charge is 0.161 e. The van der Waals surface area contributed by atoms with Crippen molar-refractivity contribution < 1.29 is 14.6 Å². The maximum Gasteiger partial charge on any atom is 0.161 e. The Hall–Kier alpha value is -1.22. The molecule has 0 spiro atoms. The normalized spacial score (nSPS) is 21.7. The summed E-state index contributed by atoms with van der Waals surface area (Å²) in [6, 6.07) is 7.59. The highest BCUT2D eigenvalue weighted by atomic mass is 16.6. The molecule has 0 fully saturated rings. The topological polar surface area (TPSA) is 38.7 Å². The molecular formula is C11H14O3. The van der Waals surface area contributed by atoms with Gasteiger partial charge >= 0.3 is 0 Å². The van der Waals surface area contributed by atoms with Gasteiger partial charge in [-0.15, -0.1) is 0 Å². The van der Waals surface area contributed by atoms with Gasteiger partial charge in [0.05, 0.1) is 0 Å². The number of para-hydroxylation sites is 2. The Bertz CT molecular complexity index is 311. The van der Waals surface area contributed by atoms with Crippen LogP contribution in [0.25, 0.3) is 0 Å². The van der Waals surface area contributed by atoms with Crippen LogP contribution in [-0.2, 0) is 0 Å². The Morgan fingerprint density at radius 3 is 2.86 bits per heavy atom. The van der Waals surface area contributed by atoms with E-state index < -0.39 is 0 Å². The van der Waals surface area contributed by atoms with Crippen molar-refractivity contribution in [3.8, 4) is 11.5 Å². The van der Waals surface area contributed by atoms with E-state index in [1.165, 1.54) is 0 Å². The predicted octanol–water partition coefficient (Wildman–Crippen LogP) is 1.45. The fraction of sp³-hybridized carbons (Fsp3) is 0.455. The van der Waals surface area contributed by atoms with Crippen molar-refractivity contribution in [1.29, 1.82) is 0 Å². The van der Waals surface area contributed by atoms with Crippen LogP contribution in [0.3, 0.4) is 0 Å². The molecule has 0 aliphatic carbocycles. The second kappa shape index (κ2) is 3.88. The van der Waals surface area contributed by atoms with Crippen molar-refractivity contribution >= 4 is 0 Å². The average Bonchev–Trinajstić information content (AvgIpc) is 2.27. The molecule has 14 heavy (non-hydrogen) atoms. The summed E-state index contributed by atoms with van der Waals surface area (Å²) in [7, 11) is 0. The monoisotopic (exact) mass is 194 g/mol. The van der Waals surface area contributed by atoms with Crippen molar-refractivity contribution in [2.75, 3.05) is 13.2 Å². The molecule has 1 aromatic carbocycles. The predicted molar refractivity (Wildman–Crippen MR) is 52.6 cm³/mol. The number of rotatable bonds is 2. The summed E-state index contributed by atoms with van der Waals surface area (Å²) in [6.45, 7) is 2.58. The number of hydrogen-bond donors (Lipinski definition) is 1. The fourth-order valence-corrected chi connectivity index (χ4v) is 1.43. The molecule has 3 nitrogen and oxygen atoms in total. The van der Waals surface area contributed by atoms with Crippen LogP contribution >= 0.6 is 0 Å². The lowest BCUT2D eigenvalue weighted by Crippen LogP contribution is -2.36. The minimum absolute atomic E-state index is 0.0464. The molecule has 0 radical (unpaired) electrons. The Labute approximate surface area is 83.3 Å². The SMILES string of the molecule is C[C@H](CO)C1COc2ccccc2O1. The molecular weight excluding hydrogens is 180 g/mol. The number of aliphatic hydroxyl groups is 1. The van der Waals surface area contributed by atoms with Gasteiger partial charge in [-0.05, 0) is 12.1 Å². The second-order valence-electron chi connectivity index (χ2n) is 3.57. The third-order valence-electron chi connectivity index (χ3n) is 2.45. The summed E-state index contributed by atoms with van der Waals surface area (Å²) in [4.78, 5) is 0. The molecule has 1 heterocycles. The molecule has 3 heteroatoms. The van der Waals surface area contributed by atoms with E-state index in [-0.39, 0.29) is 18.6 Å². The fourth-order valence-electron chi connectivity index (χ4n) is 1.43. The molecule has 0 aromatic heterocycles. The third kappa shape index (κ3) is 1.68. The van der Waals surface area contributed by atoms with Crippen LogP contribution in [-0.4, -0.2) is 24.4 Å². The van der Waals surface area contributed by atoms with Gasteiger partial charge in [0.15, 0.2) is 11.5 Å². The molecule has 0 saturated heterocycles. The van der Waals surface area contributed by atoms with Crippen molar-refractivity contribution in [2.45, 2.75) is 13.0 Å². The van der Waals surface area contributed by atoms with Gasteiger partial charge in [0.25, 0.3) is 0 Å². The molecule has 1 unspecified atom stereocenters. The standard InChI is InChI=1S/C11H14O3/c1-8(6-12)11-7-13-9-4-2-3-5-10(9)14-11/h2-5,8,11-12H,6-7H2,1H3/t8-,11?/m1/s1. The number of aliphatic hydroxyl groups excluding tert-OH is 1. The van der Waals surface area contributed by atoms with Gasteiger partial charge in [-0.2, -0.15) is 0 Å². The van der Waals surface area contributed by atoms with E-state index in [1.807, 2.05) is 31.2 Å². The van der Waals surface area contributed by atoms with Gasteiger partial charge in [0, 0.05) is 12.5 Å². The van der Waals surface area contributed by atoms with Crippen LogP contribution in [0, 0.1) is 5.92 Å². The maximum absolute atomic E-state index is 9.00. The number of benzene rings is 1. The highest BCUT2D eigenvalue weighted by Gasteiger charge is 2.25. The van der Waals surface area contributed by atoms with Gasteiger partial charge < -0.3 is 14.6 Å². The Morgan fingerprint density at radius 2 is 2.14 bits per heavy atom. The molecule has 2 rings (SSSR count). The van der Waals surface area contributed by atoms with E-state index in [0.29, 0.717) is 6.61 Å². The summed E-state index contributed by atoms with van der Waals surface area (Å²) in [5, 5.41) is 9.00. The number of ether oxygens (including phenoxy) is 2. The van der Waals surface area contributed by atoms with E-state index in [0.717, 1.165) is 11.5 Å².